The Morgan fingerprint density at radius 1 is 1.53 bits per heavy atom. The van der Waals surface area contributed by atoms with Crippen molar-refractivity contribution < 1.29 is 9.53 Å². The van der Waals surface area contributed by atoms with Crippen molar-refractivity contribution in [2.75, 3.05) is 32.6 Å². The molecule has 0 aromatic carbocycles. The van der Waals surface area contributed by atoms with Gasteiger partial charge in [0.2, 0.25) is 0 Å². The van der Waals surface area contributed by atoms with Gasteiger partial charge in [0, 0.05) is 39.2 Å². The third-order valence-electron chi connectivity index (χ3n) is 2.37. The Bertz CT molecular complexity index is 380. The topological polar surface area (TPSA) is 63.2 Å². The normalized spacial score (nSPS) is 10.1. The lowest BCUT2D eigenvalue weighted by Gasteiger charge is -2.09. The summed E-state index contributed by atoms with van der Waals surface area (Å²) in [4.78, 5) is 16.0. The van der Waals surface area contributed by atoms with E-state index in [0.717, 1.165) is 17.8 Å². The summed E-state index contributed by atoms with van der Waals surface area (Å²) in [6.45, 7) is 3.14. The number of amides is 1. The third kappa shape index (κ3) is 4.03. The van der Waals surface area contributed by atoms with Crippen LogP contribution in [0, 0.1) is 6.92 Å². The Balaban J connectivity index is 2.62. The molecule has 0 bridgehead atoms. The van der Waals surface area contributed by atoms with Crippen LogP contribution in [-0.4, -0.2) is 38.2 Å². The Morgan fingerprint density at radius 2 is 2.29 bits per heavy atom. The van der Waals surface area contributed by atoms with Gasteiger partial charge in [-0.2, -0.15) is 0 Å². The lowest BCUT2D eigenvalue weighted by Crippen LogP contribution is -2.26. The molecule has 1 aromatic heterocycles. The zero-order valence-electron chi connectivity index (χ0n) is 10.5. The maximum Gasteiger partial charge on any atom is 0.254 e. The van der Waals surface area contributed by atoms with E-state index in [1.165, 1.54) is 0 Å². The first-order chi connectivity index (χ1) is 8.19. The molecule has 0 radical (unpaired) electrons. The molecule has 0 unspecified atom stereocenters. The van der Waals surface area contributed by atoms with E-state index >= 15 is 0 Å². The molecule has 1 rings (SSSR count). The Morgan fingerprint density at radius 3 is 2.94 bits per heavy atom. The fraction of sp³-hybridized carbons (Fsp3) is 0.500. The van der Waals surface area contributed by atoms with Gasteiger partial charge in [0.15, 0.2) is 0 Å². The lowest BCUT2D eigenvalue weighted by atomic mass is 10.2. The number of methoxy groups -OCH3 is 1. The van der Waals surface area contributed by atoms with E-state index < -0.39 is 0 Å². The number of aromatic nitrogens is 1. The summed E-state index contributed by atoms with van der Waals surface area (Å²) in [7, 11) is 3.43. The van der Waals surface area contributed by atoms with Crippen LogP contribution in [0.2, 0.25) is 0 Å². The number of aryl methyl sites for hydroxylation is 1. The van der Waals surface area contributed by atoms with Gasteiger partial charge < -0.3 is 15.4 Å². The highest BCUT2D eigenvalue weighted by atomic mass is 16.5. The fourth-order valence-corrected chi connectivity index (χ4v) is 1.46. The lowest BCUT2D eigenvalue weighted by molar-refractivity contribution is 0.0949. The van der Waals surface area contributed by atoms with Crippen LogP contribution in [0.25, 0.3) is 0 Å². The molecule has 0 aliphatic carbocycles. The standard InChI is InChI=1S/C12H19N3O2/c1-9-7-11(13-2)10(8-15-9)12(16)14-5-4-6-17-3/h7-8H,4-6H2,1-3H3,(H,13,15)(H,14,16). The van der Waals surface area contributed by atoms with Crippen molar-refractivity contribution in [3.63, 3.8) is 0 Å². The predicted octanol–water partition coefficient (Wildman–Crippen LogP) is 1.20. The Hall–Kier alpha value is -1.62. The van der Waals surface area contributed by atoms with Gasteiger partial charge in [-0.3, -0.25) is 9.78 Å². The number of hydrogen-bond acceptors (Lipinski definition) is 4. The van der Waals surface area contributed by atoms with Gasteiger partial charge in [-0.25, -0.2) is 0 Å². The first-order valence-electron chi connectivity index (χ1n) is 5.60. The number of carbonyl (C=O) groups is 1. The molecule has 0 aliphatic rings. The molecule has 0 atom stereocenters. The second kappa shape index (κ2) is 6.85. The van der Waals surface area contributed by atoms with E-state index in [2.05, 4.69) is 15.6 Å². The molecule has 17 heavy (non-hydrogen) atoms. The first kappa shape index (κ1) is 13.4. The van der Waals surface area contributed by atoms with Gasteiger partial charge in [-0.05, 0) is 19.4 Å². The summed E-state index contributed by atoms with van der Waals surface area (Å²) in [6, 6.07) is 1.85. The molecule has 94 valence electrons. The van der Waals surface area contributed by atoms with E-state index in [1.54, 1.807) is 20.4 Å². The molecule has 1 heterocycles. The minimum atomic E-state index is -0.113. The number of ether oxygens (including phenoxy) is 1. The average molecular weight is 237 g/mol. The van der Waals surface area contributed by atoms with E-state index in [4.69, 9.17) is 4.74 Å². The van der Waals surface area contributed by atoms with Gasteiger partial charge in [-0.15, -0.1) is 0 Å². The molecule has 0 saturated carbocycles. The van der Waals surface area contributed by atoms with Crippen LogP contribution >= 0.6 is 0 Å². The Kier molecular flexibility index (Phi) is 5.42. The number of carbonyl (C=O) groups excluding carboxylic acids is 1. The summed E-state index contributed by atoms with van der Waals surface area (Å²) >= 11 is 0. The minimum absolute atomic E-state index is 0.113. The van der Waals surface area contributed by atoms with Gasteiger partial charge in [0.25, 0.3) is 5.91 Å². The van der Waals surface area contributed by atoms with Crippen LogP contribution in [0.3, 0.4) is 0 Å². The highest BCUT2D eigenvalue weighted by molar-refractivity contribution is 5.99. The summed E-state index contributed by atoms with van der Waals surface area (Å²) in [5.41, 5.74) is 2.24. The zero-order chi connectivity index (χ0) is 12.7. The van der Waals surface area contributed by atoms with Crippen LogP contribution < -0.4 is 10.6 Å². The van der Waals surface area contributed by atoms with E-state index in [1.807, 2.05) is 13.0 Å². The predicted molar refractivity (Wildman–Crippen MR) is 67.3 cm³/mol. The van der Waals surface area contributed by atoms with Crippen molar-refractivity contribution in [1.82, 2.24) is 10.3 Å². The van der Waals surface area contributed by atoms with Gasteiger partial charge >= 0.3 is 0 Å². The van der Waals surface area contributed by atoms with Crippen LogP contribution in [0.4, 0.5) is 5.69 Å². The van der Waals surface area contributed by atoms with Crippen molar-refractivity contribution in [3.05, 3.63) is 23.5 Å². The van der Waals surface area contributed by atoms with Gasteiger partial charge in [0.1, 0.15) is 0 Å². The number of anilines is 1. The van der Waals surface area contributed by atoms with Gasteiger partial charge in [0.05, 0.1) is 11.3 Å². The van der Waals surface area contributed by atoms with Crippen LogP contribution in [0.15, 0.2) is 12.3 Å². The van der Waals surface area contributed by atoms with Crippen molar-refractivity contribution in [2.45, 2.75) is 13.3 Å². The SMILES string of the molecule is CNc1cc(C)ncc1C(=O)NCCCOC. The van der Waals surface area contributed by atoms with Crippen LogP contribution in [-0.2, 0) is 4.74 Å². The quantitative estimate of drug-likeness (QED) is 0.730. The molecule has 0 fully saturated rings. The average Bonchev–Trinajstić information content (AvgIpc) is 2.34. The number of hydrogen-bond donors (Lipinski definition) is 2. The smallest absolute Gasteiger partial charge is 0.254 e. The van der Waals surface area contributed by atoms with Crippen LogP contribution in [0.5, 0.6) is 0 Å². The number of nitrogens with one attached hydrogen (secondary N) is 2. The number of rotatable bonds is 6. The van der Waals surface area contributed by atoms with Crippen molar-refractivity contribution >= 4 is 11.6 Å². The zero-order valence-corrected chi connectivity index (χ0v) is 10.5. The monoisotopic (exact) mass is 237 g/mol. The maximum absolute atomic E-state index is 11.9. The van der Waals surface area contributed by atoms with Crippen LogP contribution in [0.1, 0.15) is 22.5 Å². The maximum atomic E-state index is 11.9. The molecule has 5 heteroatoms. The molecular weight excluding hydrogens is 218 g/mol. The number of nitrogens with zero attached hydrogens (tertiary/aromatic N) is 1. The third-order valence-corrected chi connectivity index (χ3v) is 2.37. The largest absolute Gasteiger partial charge is 0.387 e. The van der Waals surface area contributed by atoms with E-state index in [9.17, 15) is 4.79 Å². The van der Waals surface area contributed by atoms with Gasteiger partial charge in [-0.1, -0.05) is 0 Å². The molecule has 2 N–H and O–H groups in total. The second-order valence-electron chi connectivity index (χ2n) is 3.72. The summed E-state index contributed by atoms with van der Waals surface area (Å²) < 4.78 is 4.91. The molecule has 1 amide bonds. The molecular formula is C12H19N3O2. The Labute approximate surface area is 102 Å². The minimum Gasteiger partial charge on any atom is -0.387 e. The highest BCUT2D eigenvalue weighted by Gasteiger charge is 2.10. The molecule has 5 nitrogen and oxygen atoms in total. The fourth-order valence-electron chi connectivity index (χ4n) is 1.46. The first-order valence-corrected chi connectivity index (χ1v) is 5.60. The van der Waals surface area contributed by atoms with Crippen molar-refractivity contribution in [2.24, 2.45) is 0 Å². The summed E-state index contributed by atoms with van der Waals surface area (Å²) in [5.74, 6) is -0.113. The van der Waals surface area contributed by atoms with E-state index in [0.29, 0.717) is 18.7 Å². The summed E-state index contributed by atoms with van der Waals surface area (Å²) in [5, 5.41) is 5.82. The molecule has 0 spiro atoms. The second-order valence-corrected chi connectivity index (χ2v) is 3.72. The molecule has 0 aliphatic heterocycles. The molecule has 1 aromatic rings. The summed E-state index contributed by atoms with van der Waals surface area (Å²) in [6.07, 6.45) is 2.39. The van der Waals surface area contributed by atoms with Crippen molar-refractivity contribution in [3.8, 4) is 0 Å². The number of pyridine rings is 1. The van der Waals surface area contributed by atoms with Crippen molar-refractivity contribution in [1.29, 1.82) is 0 Å². The highest BCUT2D eigenvalue weighted by Crippen LogP contribution is 2.14. The van der Waals surface area contributed by atoms with E-state index in [-0.39, 0.29) is 5.91 Å². The molecule has 0 saturated heterocycles.